The molecule has 1 saturated heterocycles. The molecule has 6 nitrogen and oxygen atoms in total. The van der Waals surface area contributed by atoms with E-state index in [2.05, 4.69) is 15.2 Å². The van der Waals surface area contributed by atoms with Crippen molar-refractivity contribution in [1.82, 2.24) is 19.9 Å². The monoisotopic (exact) mass is 252 g/mol. The molecule has 1 aromatic rings. The molecule has 0 spiro atoms. The van der Waals surface area contributed by atoms with Gasteiger partial charge in [0, 0.05) is 26.3 Å². The van der Waals surface area contributed by atoms with Crippen molar-refractivity contribution >= 4 is 5.97 Å². The van der Waals surface area contributed by atoms with Crippen LogP contribution in [-0.2, 0) is 18.4 Å². The molecule has 1 aromatic heterocycles. The minimum absolute atomic E-state index is 0.583. The van der Waals surface area contributed by atoms with Gasteiger partial charge in [-0.3, -0.25) is 14.4 Å². The second-order valence-corrected chi connectivity index (χ2v) is 5.14. The van der Waals surface area contributed by atoms with Crippen molar-refractivity contribution in [3.63, 3.8) is 0 Å². The van der Waals surface area contributed by atoms with Gasteiger partial charge in [0.25, 0.3) is 0 Å². The van der Waals surface area contributed by atoms with Gasteiger partial charge in [-0.25, -0.2) is 0 Å². The molecule has 1 aliphatic heterocycles. The third kappa shape index (κ3) is 2.53. The average Bonchev–Trinajstić information content (AvgIpc) is 2.74. The minimum atomic E-state index is -0.672. The molecule has 6 heteroatoms. The van der Waals surface area contributed by atoms with Crippen molar-refractivity contribution in [2.24, 2.45) is 12.5 Å². The third-order valence-corrected chi connectivity index (χ3v) is 3.82. The average molecular weight is 252 g/mol. The SMILES string of the molecule is CCC1(C(=O)O)CCCN(Cc2cn(C)nn2)C1. The van der Waals surface area contributed by atoms with Crippen molar-refractivity contribution in [2.45, 2.75) is 32.7 Å². The number of aryl methyl sites for hydroxylation is 1. The van der Waals surface area contributed by atoms with E-state index in [1.54, 1.807) is 4.68 Å². The fourth-order valence-electron chi connectivity index (χ4n) is 2.67. The van der Waals surface area contributed by atoms with Crippen LogP contribution in [-0.4, -0.2) is 44.1 Å². The van der Waals surface area contributed by atoms with E-state index in [-0.39, 0.29) is 0 Å². The smallest absolute Gasteiger partial charge is 0.310 e. The van der Waals surface area contributed by atoms with Crippen molar-refractivity contribution in [1.29, 1.82) is 0 Å². The Morgan fingerprint density at radius 2 is 2.39 bits per heavy atom. The van der Waals surface area contributed by atoms with Gasteiger partial charge in [0.1, 0.15) is 0 Å². The molecule has 18 heavy (non-hydrogen) atoms. The largest absolute Gasteiger partial charge is 0.481 e. The van der Waals surface area contributed by atoms with Crippen molar-refractivity contribution in [3.05, 3.63) is 11.9 Å². The number of piperidine rings is 1. The van der Waals surface area contributed by atoms with Crippen LogP contribution >= 0.6 is 0 Å². The summed E-state index contributed by atoms with van der Waals surface area (Å²) in [4.78, 5) is 13.6. The molecule has 2 heterocycles. The van der Waals surface area contributed by atoms with Crippen LogP contribution in [0.5, 0.6) is 0 Å². The maximum Gasteiger partial charge on any atom is 0.310 e. The zero-order valence-electron chi connectivity index (χ0n) is 11.0. The molecule has 0 aromatic carbocycles. The van der Waals surface area contributed by atoms with Crippen LogP contribution in [0.1, 0.15) is 31.9 Å². The molecule has 2 rings (SSSR count). The summed E-state index contributed by atoms with van der Waals surface area (Å²) in [5, 5.41) is 17.4. The molecule has 1 N–H and O–H groups in total. The lowest BCUT2D eigenvalue weighted by Gasteiger charge is -2.39. The van der Waals surface area contributed by atoms with Gasteiger partial charge >= 0.3 is 5.97 Å². The van der Waals surface area contributed by atoms with Crippen LogP contribution in [0.15, 0.2) is 6.20 Å². The first-order valence-electron chi connectivity index (χ1n) is 6.37. The Labute approximate surface area is 107 Å². The van der Waals surface area contributed by atoms with Crippen LogP contribution in [0.2, 0.25) is 0 Å². The molecule has 0 aliphatic carbocycles. The Morgan fingerprint density at radius 3 is 2.94 bits per heavy atom. The van der Waals surface area contributed by atoms with Crippen molar-refractivity contribution in [2.75, 3.05) is 13.1 Å². The Hall–Kier alpha value is -1.43. The van der Waals surface area contributed by atoms with Crippen molar-refractivity contribution in [3.8, 4) is 0 Å². The predicted octanol–water partition coefficient (Wildman–Crippen LogP) is 0.892. The van der Waals surface area contributed by atoms with Crippen LogP contribution < -0.4 is 0 Å². The molecule has 1 fully saturated rings. The summed E-state index contributed by atoms with van der Waals surface area (Å²) in [5.41, 5.74) is 0.315. The van der Waals surface area contributed by atoms with E-state index in [4.69, 9.17) is 0 Å². The van der Waals surface area contributed by atoms with Gasteiger partial charge in [-0.15, -0.1) is 5.10 Å². The molecular weight excluding hydrogens is 232 g/mol. The Morgan fingerprint density at radius 1 is 1.61 bits per heavy atom. The molecule has 1 unspecified atom stereocenters. The van der Waals surface area contributed by atoms with E-state index in [1.165, 1.54) is 0 Å². The summed E-state index contributed by atoms with van der Waals surface area (Å²) in [5.74, 6) is -0.672. The van der Waals surface area contributed by atoms with Gasteiger partial charge in [0.2, 0.25) is 0 Å². The number of aliphatic carboxylic acids is 1. The zero-order valence-corrected chi connectivity index (χ0v) is 11.0. The van der Waals surface area contributed by atoms with Crippen LogP contribution in [0, 0.1) is 5.41 Å². The van der Waals surface area contributed by atoms with Gasteiger partial charge in [-0.2, -0.15) is 0 Å². The third-order valence-electron chi connectivity index (χ3n) is 3.82. The Kier molecular flexibility index (Phi) is 3.65. The number of hydrogen-bond donors (Lipinski definition) is 1. The van der Waals surface area contributed by atoms with Gasteiger partial charge in [-0.1, -0.05) is 12.1 Å². The van der Waals surface area contributed by atoms with Crippen LogP contribution in [0.4, 0.5) is 0 Å². The number of rotatable bonds is 4. The fraction of sp³-hybridized carbons (Fsp3) is 0.750. The first-order chi connectivity index (χ1) is 8.55. The van der Waals surface area contributed by atoms with Gasteiger partial charge < -0.3 is 5.11 Å². The molecule has 0 bridgehead atoms. The van der Waals surface area contributed by atoms with E-state index in [1.807, 2.05) is 20.2 Å². The lowest BCUT2D eigenvalue weighted by molar-refractivity contribution is -0.153. The normalized spacial score (nSPS) is 25.2. The van der Waals surface area contributed by atoms with E-state index >= 15 is 0 Å². The van der Waals surface area contributed by atoms with Crippen LogP contribution in [0.3, 0.4) is 0 Å². The summed E-state index contributed by atoms with van der Waals surface area (Å²) in [7, 11) is 1.83. The maximum absolute atomic E-state index is 11.5. The standard InChI is InChI=1S/C12H20N4O2/c1-3-12(11(17)18)5-4-6-16(9-12)8-10-7-15(2)14-13-10/h7H,3-6,8-9H2,1-2H3,(H,17,18). The highest BCUT2D eigenvalue weighted by atomic mass is 16.4. The first kappa shape index (κ1) is 13.0. The summed E-state index contributed by atoms with van der Waals surface area (Å²) in [6.45, 7) is 4.18. The van der Waals surface area contributed by atoms with Gasteiger partial charge in [-0.05, 0) is 25.8 Å². The number of hydrogen-bond acceptors (Lipinski definition) is 4. The maximum atomic E-state index is 11.5. The second kappa shape index (κ2) is 5.06. The molecule has 1 aliphatic rings. The zero-order chi connectivity index (χ0) is 13.2. The first-order valence-corrected chi connectivity index (χ1v) is 6.37. The van der Waals surface area contributed by atoms with Gasteiger partial charge in [0.05, 0.1) is 11.1 Å². The lowest BCUT2D eigenvalue weighted by Crippen LogP contribution is -2.47. The summed E-state index contributed by atoms with van der Waals surface area (Å²) < 4.78 is 1.67. The van der Waals surface area contributed by atoms with E-state index in [0.717, 1.165) is 25.1 Å². The highest BCUT2D eigenvalue weighted by Gasteiger charge is 2.40. The number of carboxylic acid groups (broad SMARTS) is 1. The molecule has 1 atom stereocenters. The number of nitrogens with zero attached hydrogens (tertiary/aromatic N) is 4. The number of carbonyl (C=O) groups is 1. The molecule has 100 valence electrons. The summed E-state index contributed by atoms with van der Waals surface area (Å²) in [6, 6.07) is 0. The molecule has 0 amide bonds. The predicted molar refractivity (Wildman–Crippen MR) is 65.9 cm³/mol. The quantitative estimate of drug-likeness (QED) is 0.861. The molecule has 0 radical (unpaired) electrons. The molecular formula is C12H20N4O2. The van der Waals surface area contributed by atoms with E-state index in [0.29, 0.717) is 19.5 Å². The topological polar surface area (TPSA) is 71.2 Å². The summed E-state index contributed by atoms with van der Waals surface area (Å²) in [6.07, 6.45) is 4.26. The fourth-order valence-corrected chi connectivity index (χ4v) is 2.67. The number of likely N-dealkylation sites (tertiary alicyclic amines) is 1. The summed E-state index contributed by atoms with van der Waals surface area (Å²) >= 11 is 0. The van der Waals surface area contributed by atoms with Crippen LogP contribution in [0.25, 0.3) is 0 Å². The van der Waals surface area contributed by atoms with Crippen molar-refractivity contribution < 1.29 is 9.90 Å². The van der Waals surface area contributed by atoms with E-state index < -0.39 is 11.4 Å². The second-order valence-electron chi connectivity index (χ2n) is 5.14. The highest BCUT2D eigenvalue weighted by Crippen LogP contribution is 2.34. The minimum Gasteiger partial charge on any atom is -0.481 e. The molecule has 0 saturated carbocycles. The van der Waals surface area contributed by atoms with E-state index in [9.17, 15) is 9.90 Å². The number of carboxylic acids is 1. The van der Waals surface area contributed by atoms with Gasteiger partial charge in [0.15, 0.2) is 0 Å². The lowest BCUT2D eigenvalue weighted by atomic mass is 9.77. The Balaban J connectivity index is 2.04. The Bertz CT molecular complexity index is 431. The highest BCUT2D eigenvalue weighted by molar-refractivity contribution is 5.75. The number of aromatic nitrogens is 3.